The molecule has 3 heterocycles. The number of halogens is 1. The van der Waals surface area contributed by atoms with Crippen LogP contribution < -0.4 is 0 Å². The summed E-state index contributed by atoms with van der Waals surface area (Å²) >= 11 is 0. The lowest BCUT2D eigenvalue weighted by molar-refractivity contribution is 0.198. The smallest absolute Gasteiger partial charge is 0.123 e. The first-order valence-electron chi connectivity index (χ1n) is 10.1. The first kappa shape index (κ1) is 18.9. The highest BCUT2D eigenvalue weighted by Gasteiger charge is 2.25. The normalized spacial score (nSPS) is 18.1. The van der Waals surface area contributed by atoms with Crippen molar-refractivity contribution in [3.8, 4) is 5.69 Å². The summed E-state index contributed by atoms with van der Waals surface area (Å²) in [7, 11) is 0. The van der Waals surface area contributed by atoms with Crippen molar-refractivity contribution in [2.24, 2.45) is 5.92 Å². The van der Waals surface area contributed by atoms with E-state index in [-0.39, 0.29) is 5.82 Å². The maximum Gasteiger partial charge on any atom is 0.123 e. The highest BCUT2D eigenvalue weighted by atomic mass is 19.1. The number of H-pyrrole nitrogens is 1. The number of nitrogens with zero attached hydrogens (tertiary/aromatic N) is 4. The summed E-state index contributed by atoms with van der Waals surface area (Å²) < 4.78 is 14.9. The molecule has 0 amide bonds. The van der Waals surface area contributed by atoms with Gasteiger partial charge in [-0.05, 0) is 61.6 Å². The Labute approximate surface area is 165 Å². The number of hydrogen-bond acceptors (Lipinski definition) is 3. The first-order chi connectivity index (χ1) is 13.6. The standard InChI is InChI=1S/C22H28FN5/c1-16(2)10-19-12-24-26-22(19)18-4-3-9-27(15-18)13-17-11-25-28(14-17)21-7-5-20(23)6-8-21/h5-8,11-12,14,16,18H,3-4,9-10,13,15H2,1-2H3,(H,24,26)/t18-/m1/s1. The number of aromatic amines is 1. The van der Waals surface area contributed by atoms with Crippen molar-refractivity contribution in [3.05, 3.63) is 65.5 Å². The Balaban J connectivity index is 1.42. The van der Waals surface area contributed by atoms with Gasteiger partial charge in [0.1, 0.15) is 5.82 Å². The third-order valence-corrected chi connectivity index (χ3v) is 5.43. The predicted octanol–water partition coefficient (Wildman–Crippen LogP) is 4.31. The van der Waals surface area contributed by atoms with E-state index in [1.807, 2.05) is 23.3 Å². The molecule has 1 N–H and O–H groups in total. The van der Waals surface area contributed by atoms with E-state index >= 15 is 0 Å². The third kappa shape index (κ3) is 4.33. The molecule has 28 heavy (non-hydrogen) atoms. The monoisotopic (exact) mass is 381 g/mol. The molecule has 3 aromatic rings. The SMILES string of the molecule is CC(C)Cc1cn[nH]c1[C@@H]1CCCN(Cc2cnn(-c3ccc(F)cc3)c2)C1. The fourth-order valence-electron chi connectivity index (χ4n) is 4.15. The van der Waals surface area contributed by atoms with Gasteiger partial charge in [-0.25, -0.2) is 9.07 Å². The number of nitrogens with one attached hydrogen (secondary N) is 1. The molecule has 1 saturated heterocycles. The molecule has 1 fully saturated rings. The number of hydrogen-bond donors (Lipinski definition) is 1. The minimum atomic E-state index is -0.230. The maximum absolute atomic E-state index is 13.1. The Hall–Kier alpha value is -2.47. The molecule has 0 bridgehead atoms. The maximum atomic E-state index is 13.1. The molecule has 0 spiro atoms. The Kier molecular flexibility index (Phi) is 5.57. The molecule has 5 nitrogen and oxygen atoms in total. The largest absolute Gasteiger partial charge is 0.298 e. The molecular formula is C22H28FN5. The van der Waals surface area contributed by atoms with Crippen LogP contribution in [0.4, 0.5) is 4.39 Å². The van der Waals surface area contributed by atoms with E-state index in [9.17, 15) is 4.39 Å². The number of piperidine rings is 1. The predicted molar refractivity (Wildman–Crippen MR) is 108 cm³/mol. The van der Waals surface area contributed by atoms with Crippen molar-refractivity contribution in [2.45, 2.75) is 45.6 Å². The summed E-state index contributed by atoms with van der Waals surface area (Å²) in [6, 6.07) is 6.42. The molecule has 1 aromatic carbocycles. The molecule has 0 unspecified atom stereocenters. The van der Waals surface area contributed by atoms with Crippen LogP contribution >= 0.6 is 0 Å². The summed E-state index contributed by atoms with van der Waals surface area (Å²) in [4.78, 5) is 2.50. The summed E-state index contributed by atoms with van der Waals surface area (Å²) in [6.45, 7) is 7.53. The topological polar surface area (TPSA) is 49.7 Å². The lowest BCUT2D eigenvalue weighted by atomic mass is 9.90. The highest BCUT2D eigenvalue weighted by molar-refractivity contribution is 5.31. The Morgan fingerprint density at radius 1 is 1.21 bits per heavy atom. The van der Waals surface area contributed by atoms with Crippen LogP contribution in [0.15, 0.2) is 42.9 Å². The van der Waals surface area contributed by atoms with E-state index in [2.05, 4.69) is 34.0 Å². The molecular weight excluding hydrogens is 353 g/mol. The Bertz CT molecular complexity index is 896. The van der Waals surface area contributed by atoms with Crippen LogP contribution in [-0.2, 0) is 13.0 Å². The van der Waals surface area contributed by atoms with Crippen molar-refractivity contribution in [1.82, 2.24) is 24.9 Å². The molecule has 1 aliphatic rings. The van der Waals surface area contributed by atoms with E-state index < -0.39 is 0 Å². The summed E-state index contributed by atoms with van der Waals surface area (Å²) in [5.74, 6) is 0.914. The summed E-state index contributed by atoms with van der Waals surface area (Å²) in [5.41, 5.74) is 4.74. The highest BCUT2D eigenvalue weighted by Crippen LogP contribution is 2.29. The second-order valence-electron chi connectivity index (χ2n) is 8.25. The number of rotatable bonds is 6. The Morgan fingerprint density at radius 2 is 2.04 bits per heavy atom. The molecule has 2 aromatic heterocycles. The number of benzene rings is 1. The van der Waals surface area contributed by atoms with Crippen LogP contribution in [-0.4, -0.2) is 38.0 Å². The van der Waals surface area contributed by atoms with Crippen molar-refractivity contribution in [3.63, 3.8) is 0 Å². The van der Waals surface area contributed by atoms with Crippen LogP contribution in [0.3, 0.4) is 0 Å². The van der Waals surface area contributed by atoms with Gasteiger partial charge in [0.25, 0.3) is 0 Å². The number of aromatic nitrogens is 4. The molecule has 0 aliphatic carbocycles. The molecule has 4 rings (SSSR count). The van der Waals surface area contributed by atoms with Gasteiger partial charge >= 0.3 is 0 Å². The van der Waals surface area contributed by atoms with Gasteiger partial charge in [-0.3, -0.25) is 10.00 Å². The van der Waals surface area contributed by atoms with Gasteiger partial charge in [0.05, 0.1) is 18.1 Å². The summed E-state index contributed by atoms with van der Waals surface area (Å²) in [6.07, 6.45) is 9.42. The van der Waals surface area contributed by atoms with Crippen LogP contribution in [0.1, 0.15) is 49.4 Å². The zero-order chi connectivity index (χ0) is 19.5. The molecule has 1 aliphatic heterocycles. The van der Waals surface area contributed by atoms with Gasteiger partial charge in [0.2, 0.25) is 0 Å². The van der Waals surface area contributed by atoms with Crippen LogP contribution in [0.25, 0.3) is 5.69 Å². The van der Waals surface area contributed by atoms with Gasteiger partial charge in [-0.1, -0.05) is 13.8 Å². The lowest BCUT2D eigenvalue weighted by Gasteiger charge is -2.32. The summed E-state index contributed by atoms with van der Waals surface area (Å²) in [5, 5.41) is 12.0. The average Bonchev–Trinajstić information content (AvgIpc) is 3.32. The van der Waals surface area contributed by atoms with E-state index in [1.54, 1.807) is 12.1 Å². The van der Waals surface area contributed by atoms with Gasteiger partial charge in [0, 0.05) is 36.5 Å². The minimum absolute atomic E-state index is 0.230. The fourth-order valence-corrected chi connectivity index (χ4v) is 4.15. The van der Waals surface area contributed by atoms with Crippen LogP contribution in [0, 0.1) is 11.7 Å². The third-order valence-electron chi connectivity index (χ3n) is 5.43. The fraction of sp³-hybridized carbons (Fsp3) is 0.455. The first-order valence-corrected chi connectivity index (χ1v) is 10.1. The molecule has 148 valence electrons. The van der Waals surface area contributed by atoms with Crippen LogP contribution in [0.5, 0.6) is 0 Å². The van der Waals surface area contributed by atoms with Crippen molar-refractivity contribution >= 4 is 0 Å². The van der Waals surface area contributed by atoms with Crippen molar-refractivity contribution in [2.75, 3.05) is 13.1 Å². The van der Waals surface area contributed by atoms with E-state index in [4.69, 9.17) is 0 Å². The molecule has 6 heteroatoms. The van der Waals surface area contributed by atoms with E-state index in [1.165, 1.54) is 41.8 Å². The van der Waals surface area contributed by atoms with Crippen LogP contribution in [0.2, 0.25) is 0 Å². The van der Waals surface area contributed by atoms with Gasteiger partial charge < -0.3 is 0 Å². The van der Waals surface area contributed by atoms with E-state index in [0.29, 0.717) is 11.8 Å². The van der Waals surface area contributed by atoms with Crippen molar-refractivity contribution in [1.29, 1.82) is 0 Å². The Morgan fingerprint density at radius 3 is 2.82 bits per heavy atom. The average molecular weight is 381 g/mol. The zero-order valence-corrected chi connectivity index (χ0v) is 16.6. The molecule has 0 saturated carbocycles. The van der Waals surface area contributed by atoms with Gasteiger partial charge in [-0.2, -0.15) is 10.2 Å². The van der Waals surface area contributed by atoms with E-state index in [0.717, 1.165) is 31.7 Å². The second-order valence-corrected chi connectivity index (χ2v) is 8.25. The zero-order valence-electron chi connectivity index (χ0n) is 16.6. The molecule has 0 radical (unpaired) electrons. The second kappa shape index (κ2) is 8.27. The van der Waals surface area contributed by atoms with Gasteiger partial charge in [-0.15, -0.1) is 0 Å². The number of likely N-dealkylation sites (tertiary alicyclic amines) is 1. The lowest BCUT2D eigenvalue weighted by Crippen LogP contribution is -2.34. The van der Waals surface area contributed by atoms with Gasteiger partial charge in [0.15, 0.2) is 0 Å². The molecule has 1 atom stereocenters. The minimum Gasteiger partial charge on any atom is -0.298 e. The van der Waals surface area contributed by atoms with Crippen molar-refractivity contribution < 1.29 is 4.39 Å². The quantitative estimate of drug-likeness (QED) is 0.692.